The molecule has 0 amide bonds. The third-order valence-electron chi connectivity index (χ3n) is 6.72. The first-order valence-corrected chi connectivity index (χ1v) is 12.3. The Bertz CT molecular complexity index is 1130. The molecule has 1 N–H and O–H groups in total. The first-order valence-electron chi connectivity index (χ1n) is 12.3. The second-order valence-corrected chi connectivity index (χ2v) is 8.82. The Balaban J connectivity index is 1.76. The molecule has 182 valence electrons. The summed E-state index contributed by atoms with van der Waals surface area (Å²) < 4.78 is 0. The number of nitro groups is 1. The molecule has 0 unspecified atom stereocenters. The van der Waals surface area contributed by atoms with Crippen LogP contribution in [0.2, 0.25) is 0 Å². The van der Waals surface area contributed by atoms with Crippen molar-refractivity contribution in [3.63, 3.8) is 0 Å². The van der Waals surface area contributed by atoms with Crippen molar-refractivity contribution in [2.45, 2.75) is 19.8 Å². The van der Waals surface area contributed by atoms with Gasteiger partial charge in [-0.05, 0) is 71.5 Å². The van der Waals surface area contributed by atoms with Crippen molar-refractivity contribution in [3.05, 3.63) is 106 Å². The van der Waals surface area contributed by atoms with Gasteiger partial charge in [-0.1, -0.05) is 49.4 Å². The van der Waals surface area contributed by atoms with Gasteiger partial charge in [-0.3, -0.25) is 10.1 Å². The number of allylic oxidation sites excluding steroid dienone is 1. The molecule has 0 atom stereocenters. The second-order valence-electron chi connectivity index (χ2n) is 8.82. The van der Waals surface area contributed by atoms with Crippen molar-refractivity contribution < 1.29 is 10.0 Å². The van der Waals surface area contributed by atoms with Crippen LogP contribution < -0.4 is 4.90 Å². The minimum Gasteiger partial charge on any atom is -0.396 e. The number of anilines is 1. The number of aliphatic hydroxyl groups is 1. The van der Waals surface area contributed by atoms with Crippen LogP contribution in [-0.2, 0) is 0 Å². The number of benzene rings is 3. The molecule has 35 heavy (non-hydrogen) atoms. The first kappa shape index (κ1) is 24.6. The Morgan fingerprint density at radius 2 is 1.46 bits per heavy atom. The maximum absolute atomic E-state index is 11.2. The number of nitro benzene ring substituents is 1. The molecule has 1 aliphatic heterocycles. The van der Waals surface area contributed by atoms with Gasteiger partial charge in [0.2, 0.25) is 0 Å². The van der Waals surface area contributed by atoms with Gasteiger partial charge in [-0.2, -0.15) is 0 Å². The third kappa shape index (κ3) is 5.96. The molecule has 1 saturated heterocycles. The van der Waals surface area contributed by atoms with E-state index in [4.69, 9.17) is 0 Å². The average Bonchev–Trinajstić information content (AvgIpc) is 2.92. The highest BCUT2D eigenvalue weighted by Crippen LogP contribution is 2.36. The summed E-state index contributed by atoms with van der Waals surface area (Å²) >= 11 is 0. The van der Waals surface area contributed by atoms with Crippen LogP contribution in [0.25, 0.3) is 11.1 Å². The molecule has 0 radical (unpaired) electrons. The van der Waals surface area contributed by atoms with Crippen molar-refractivity contribution in [1.29, 1.82) is 0 Å². The van der Waals surface area contributed by atoms with Crippen LogP contribution in [0.1, 0.15) is 36.5 Å². The number of rotatable bonds is 9. The van der Waals surface area contributed by atoms with Crippen molar-refractivity contribution in [1.82, 2.24) is 4.90 Å². The number of likely N-dealkylation sites (N-methyl/N-ethyl adjacent to an activating group) is 1. The fourth-order valence-electron chi connectivity index (χ4n) is 4.74. The van der Waals surface area contributed by atoms with Crippen LogP contribution in [-0.4, -0.2) is 54.3 Å². The summed E-state index contributed by atoms with van der Waals surface area (Å²) in [6.45, 7) is 7.58. The van der Waals surface area contributed by atoms with E-state index in [0.29, 0.717) is 12.8 Å². The molecule has 1 aliphatic rings. The summed E-state index contributed by atoms with van der Waals surface area (Å²) in [7, 11) is 0. The molecule has 4 rings (SSSR count). The van der Waals surface area contributed by atoms with Gasteiger partial charge in [0.25, 0.3) is 5.69 Å². The Hall–Kier alpha value is -3.48. The van der Waals surface area contributed by atoms with Crippen molar-refractivity contribution in [3.8, 4) is 0 Å². The molecule has 6 nitrogen and oxygen atoms in total. The second kappa shape index (κ2) is 11.8. The number of hydrogen-bond donors (Lipinski definition) is 1. The summed E-state index contributed by atoms with van der Waals surface area (Å²) in [4.78, 5) is 15.8. The Labute approximate surface area is 207 Å². The predicted molar refractivity (Wildman–Crippen MR) is 143 cm³/mol. The fourth-order valence-corrected chi connectivity index (χ4v) is 4.74. The first-order chi connectivity index (χ1) is 17.1. The topological polar surface area (TPSA) is 69.8 Å². The lowest BCUT2D eigenvalue weighted by Gasteiger charge is -2.35. The maximum Gasteiger partial charge on any atom is 0.269 e. The maximum atomic E-state index is 11.2. The van der Waals surface area contributed by atoms with E-state index in [1.807, 2.05) is 30.3 Å². The number of non-ortho nitro benzene ring substituents is 1. The molecule has 0 aliphatic carbocycles. The largest absolute Gasteiger partial charge is 0.396 e. The lowest BCUT2D eigenvalue weighted by Crippen LogP contribution is -2.46. The summed E-state index contributed by atoms with van der Waals surface area (Å²) in [6, 6.07) is 25.6. The van der Waals surface area contributed by atoms with Gasteiger partial charge in [0.05, 0.1) is 4.92 Å². The zero-order valence-corrected chi connectivity index (χ0v) is 20.3. The summed E-state index contributed by atoms with van der Waals surface area (Å²) in [5, 5.41) is 20.8. The predicted octanol–water partition coefficient (Wildman–Crippen LogP) is 5.47. The van der Waals surface area contributed by atoms with Crippen molar-refractivity contribution in [2.75, 3.05) is 44.2 Å². The molecular weight excluding hydrogens is 438 g/mol. The van der Waals surface area contributed by atoms with E-state index in [2.05, 4.69) is 53.1 Å². The zero-order valence-electron chi connectivity index (χ0n) is 20.3. The third-order valence-corrected chi connectivity index (χ3v) is 6.72. The molecule has 0 saturated carbocycles. The van der Waals surface area contributed by atoms with Crippen molar-refractivity contribution >= 4 is 22.5 Å². The Morgan fingerprint density at radius 1 is 0.857 bits per heavy atom. The van der Waals surface area contributed by atoms with Gasteiger partial charge in [-0.15, -0.1) is 0 Å². The van der Waals surface area contributed by atoms with Gasteiger partial charge in [-0.25, -0.2) is 0 Å². The molecule has 1 fully saturated rings. The number of nitrogens with zero attached hydrogens (tertiary/aromatic N) is 3. The molecule has 0 aromatic heterocycles. The smallest absolute Gasteiger partial charge is 0.269 e. The zero-order chi connectivity index (χ0) is 24.6. The lowest BCUT2D eigenvalue weighted by molar-refractivity contribution is -0.384. The van der Waals surface area contributed by atoms with Gasteiger partial charge in [0.1, 0.15) is 0 Å². The normalized spacial score (nSPS) is 15.1. The van der Waals surface area contributed by atoms with E-state index in [1.54, 1.807) is 12.1 Å². The van der Waals surface area contributed by atoms with Crippen LogP contribution in [0.5, 0.6) is 0 Å². The van der Waals surface area contributed by atoms with Gasteiger partial charge in [0, 0.05) is 50.6 Å². The van der Waals surface area contributed by atoms with E-state index >= 15 is 0 Å². The summed E-state index contributed by atoms with van der Waals surface area (Å²) in [5.74, 6) is 0. The molecule has 1 heterocycles. The highest BCUT2D eigenvalue weighted by atomic mass is 16.6. The van der Waals surface area contributed by atoms with Crippen molar-refractivity contribution in [2.24, 2.45) is 0 Å². The van der Waals surface area contributed by atoms with E-state index in [9.17, 15) is 15.2 Å². The van der Waals surface area contributed by atoms with Gasteiger partial charge in [0.15, 0.2) is 0 Å². The van der Waals surface area contributed by atoms with E-state index in [0.717, 1.165) is 60.6 Å². The molecule has 0 spiro atoms. The standard InChI is InChI=1S/C29H33N3O3/c1-2-30-18-20-31(21-19-30)26-14-10-24(11-15-26)29(25-12-16-27(17-13-25)32(34)35)28(9-6-22-33)23-7-4-3-5-8-23/h3-5,7-8,10-17,33H,2,6,9,18-22H2,1H3/b29-28+. The van der Waals surface area contributed by atoms with Crippen LogP contribution in [0.3, 0.4) is 0 Å². The molecular formula is C29H33N3O3. The van der Waals surface area contributed by atoms with Crippen LogP contribution in [0, 0.1) is 10.1 Å². The molecule has 3 aromatic carbocycles. The number of piperazine rings is 1. The monoisotopic (exact) mass is 471 g/mol. The summed E-state index contributed by atoms with van der Waals surface area (Å²) in [6.07, 6.45) is 1.34. The average molecular weight is 472 g/mol. The number of aliphatic hydroxyl groups excluding tert-OH is 1. The Kier molecular flexibility index (Phi) is 8.29. The fraction of sp³-hybridized carbons (Fsp3) is 0.310. The highest BCUT2D eigenvalue weighted by molar-refractivity contribution is 5.98. The Morgan fingerprint density at radius 3 is 2.00 bits per heavy atom. The minimum atomic E-state index is -0.371. The quantitative estimate of drug-likeness (QED) is 0.255. The highest BCUT2D eigenvalue weighted by Gasteiger charge is 2.18. The SMILES string of the molecule is CCN1CCN(c2ccc(/C(=C(/CCCO)c3ccccc3)c3ccc([N+](=O)[O-])cc3)cc2)CC1. The van der Waals surface area contributed by atoms with Gasteiger partial charge >= 0.3 is 0 Å². The van der Waals surface area contributed by atoms with Crippen LogP contribution >= 0.6 is 0 Å². The lowest BCUT2D eigenvalue weighted by atomic mass is 9.87. The molecule has 6 heteroatoms. The van der Waals surface area contributed by atoms with E-state index < -0.39 is 0 Å². The van der Waals surface area contributed by atoms with Crippen LogP contribution in [0.4, 0.5) is 11.4 Å². The molecule has 3 aromatic rings. The van der Waals surface area contributed by atoms with E-state index in [1.165, 1.54) is 5.69 Å². The molecule has 0 bridgehead atoms. The van der Waals surface area contributed by atoms with E-state index in [-0.39, 0.29) is 17.2 Å². The number of hydrogen-bond acceptors (Lipinski definition) is 5. The van der Waals surface area contributed by atoms with Crippen LogP contribution in [0.15, 0.2) is 78.9 Å². The van der Waals surface area contributed by atoms with Gasteiger partial charge < -0.3 is 14.9 Å². The summed E-state index contributed by atoms with van der Waals surface area (Å²) in [5.41, 5.74) is 6.53. The minimum absolute atomic E-state index is 0.0753.